The molecule has 2 rings (SSSR count). The summed E-state index contributed by atoms with van der Waals surface area (Å²) in [5.74, 6) is 0. The highest BCUT2D eigenvalue weighted by molar-refractivity contribution is 4.80. The minimum Gasteiger partial charge on any atom is -0.314 e. The van der Waals surface area contributed by atoms with Crippen LogP contribution in [0.15, 0.2) is 12.7 Å². The maximum Gasteiger partial charge on any atom is 0.137 e. The Morgan fingerprint density at radius 3 is 3.07 bits per heavy atom. The van der Waals surface area contributed by atoms with Crippen molar-refractivity contribution in [3.63, 3.8) is 0 Å². The van der Waals surface area contributed by atoms with Crippen molar-refractivity contribution in [2.24, 2.45) is 0 Å². The zero-order valence-electron chi connectivity index (χ0n) is 8.69. The van der Waals surface area contributed by atoms with Crippen molar-refractivity contribution in [1.82, 2.24) is 20.1 Å². The number of nitrogens with zero attached hydrogens (tertiary/aromatic N) is 3. The summed E-state index contributed by atoms with van der Waals surface area (Å²) in [6.45, 7) is 3.33. The van der Waals surface area contributed by atoms with Gasteiger partial charge in [0.05, 0.1) is 6.04 Å². The molecule has 0 radical (unpaired) electrons. The van der Waals surface area contributed by atoms with E-state index in [1.165, 1.54) is 25.7 Å². The molecule has 4 heteroatoms. The number of hydrogen-bond acceptors (Lipinski definition) is 3. The average Bonchev–Trinajstić information content (AvgIpc) is 2.84. The third-order valence-corrected chi connectivity index (χ3v) is 2.70. The fraction of sp³-hybridized carbons (Fsp3) is 0.800. The Bertz CT molecular complexity index is 253. The van der Waals surface area contributed by atoms with Gasteiger partial charge in [-0.2, -0.15) is 5.10 Å². The standard InChI is InChI=1S/C10H18N4/c1-9(14-8-11-7-13-14)3-2-6-12-10-4-5-10/h7-10,12H,2-6H2,1H3. The number of aromatic nitrogens is 3. The second kappa shape index (κ2) is 4.55. The van der Waals surface area contributed by atoms with E-state index in [1.807, 2.05) is 4.68 Å². The largest absolute Gasteiger partial charge is 0.314 e. The zero-order valence-corrected chi connectivity index (χ0v) is 8.69. The summed E-state index contributed by atoms with van der Waals surface area (Å²) in [7, 11) is 0. The molecule has 1 aliphatic rings. The summed E-state index contributed by atoms with van der Waals surface area (Å²) in [6, 6.07) is 1.30. The first-order chi connectivity index (χ1) is 6.86. The van der Waals surface area contributed by atoms with Crippen molar-refractivity contribution >= 4 is 0 Å². The van der Waals surface area contributed by atoms with Crippen LogP contribution in [0.25, 0.3) is 0 Å². The van der Waals surface area contributed by atoms with Crippen LogP contribution in [0, 0.1) is 0 Å². The Balaban J connectivity index is 1.59. The summed E-state index contributed by atoms with van der Waals surface area (Å²) in [5, 5.41) is 7.64. The molecule has 0 aliphatic heterocycles. The molecule has 1 aromatic heterocycles. The van der Waals surface area contributed by atoms with Crippen LogP contribution >= 0.6 is 0 Å². The number of hydrogen-bond donors (Lipinski definition) is 1. The van der Waals surface area contributed by atoms with Gasteiger partial charge in [0.1, 0.15) is 12.7 Å². The van der Waals surface area contributed by atoms with Crippen LogP contribution < -0.4 is 5.32 Å². The van der Waals surface area contributed by atoms with Gasteiger partial charge in [0.25, 0.3) is 0 Å². The molecule has 0 aromatic carbocycles. The molecule has 1 aliphatic carbocycles. The molecule has 0 amide bonds. The van der Waals surface area contributed by atoms with Crippen LogP contribution in [-0.4, -0.2) is 27.4 Å². The molecule has 4 nitrogen and oxygen atoms in total. The lowest BCUT2D eigenvalue weighted by atomic mass is 10.2. The molecule has 0 saturated heterocycles. The van der Waals surface area contributed by atoms with E-state index < -0.39 is 0 Å². The van der Waals surface area contributed by atoms with E-state index in [0.29, 0.717) is 6.04 Å². The second-order valence-corrected chi connectivity index (χ2v) is 4.10. The Hall–Kier alpha value is -0.900. The molecule has 1 saturated carbocycles. The van der Waals surface area contributed by atoms with Crippen LogP contribution in [0.2, 0.25) is 0 Å². The van der Waals surface area contributed by atoms with Crippen LogP contribution in [0.4, 0.5) is 0 Å². The summed E-state index contributed by atoms with van der Waals surface area (Å²) in [4.78, 5) is 3.95. The third-order valence-electron chi connectivity index (χ3n) is 2.70. The summed E-state index contributed by atoms with van der Waals surface area (Å²) >= 11 is 0. The Labute approximate surface area is 84.7 Å². The lowest BCUT2D eigenvalue weighted by molar-refractivity contribution is 0.437. The maximum absolute atomic E-state index is 4.13. The van der Waals surface area contributed by atoms with Gasteiger partial charge in [-0.25, -0.2) is 4.98 Å². The molecule has 1 unspecified atom stereocenters. The van der Waals surface area contributed by atoms with Crippen LogP contribution in [0.5, 0.6) is 0 Å². The molecular weight excluding hydrogens is 176 g/mol. The third kappa shape index (κ3) is 2.80. The molecule has 1 aromatic rings. The van der Waals surface area contributed by atoms with Crippen molar-refractivity contribution in [2.45, 2.75) is 44.7 Å². The average molecular weight is 194 g/mol. The van der Waals surface area contributed by atoms with E-state index >= 15 is 0 Å². The van der Waals surface area contributed by atoms with E-state index in [0.717, 1.165) is 12.6 Å². The van der Waals surface area contributed by atoms with Gasteiger partial charge >= 0.3 is 0 Å². The van der Waals surface area contributed by atoms with Gasteiger partial charge < -0.3 is 5.32 Å². The van der Waals surface area contributed by atoms with Crippen LogP contribution in [0.1, 0.15) is 38.6 Å². The highest BCUT2D eigenvalue weighted by atomic mass is 15.3. The first-order valence-corrected chi connectivity index (χ1v) is 5.44. The van der Waals surface area contributed by atoms with Gasteiger partial charge in [-0.1, -0.05) is 0 Å². The fourth-order valence-electron chi connectivity index (χ4n) is 1.57. The van der Waals surface area contributed by atoms with Gasteiger partial charge in [0.15, 0.2) is 0 Å². The van der Waals surface area contributed by atoms with E-state index in [9.17, 15) is 0 Å². The lowest BCUT2D eigenvalue weighted by Gasteiger charge is -2.11. The van der Waals surface area contributed by atoms with Gasteiger partial charge in [0, 0.05) is 6.04 Å². The predicted octanol–water partition coefficient (Wildman–Crippen LogP) is 1.37. The van der Waals surface area contributed by atoms with Crippen molar-refractivity contribution in [1.29, 1.82) is 0 Å². The molecule has 0 spiro atoms. The molecule has 1 fully saturated rings. The highest BCUT2D eigenvalue weighted by Gasteiger charge is 2.19. The van der Waals surface area contributed by atoms with Crippen molar-refractivity contribution in [3.05, 3.63) is 12.7 Å². The normalized spacial score (nSPS) is 18.4. The van der Waals surface area contributed by atoms with Gasteiger partial charge in [-0.3, -0.25) is 4.68 Å². The Morgan fingerprint density at radius 1 is 1.57 bits per heavy atom. The molecule has 0 bridgehead atoms. The van der Waals surface area contributed by atoms with Crippen molar-refractivity contribution in [3.8, 4) is 0 Å². The quantitative estimate of drug-likeness (QED) is 0.695. The van der Waals surface area contributed by atoms with Crippen molar-refractivity contribution < 1.29 is 0 Å². The summed E-state index contributed by atoms with van der Waals surface area (Å²) in [6.07, 6.45) is 8.52. The number of nitrogens with one attached hydrogen (secondary N) is 1. The number of rotatable bonds is 6. The Kier molecular flexibility index (Phi) is 3.14. The molecule has 1 N–H and O–H groups in total. The second-order valence-electron chi connectivity index (χ2n) is 4.10. The molecule has 1 atom stereocenters. The summed E-state index contributed by atoms with van der Waals surface area (Å²) < 4.78 is 1.93. The van der Waals surface area contributed by atoms with Crippen LogP contribution in [0.3, 0.4) is 0 Å². The minimum absolute atomic E-state index is 0.471. The molecule has 78 valence electrons. The zero-order chi connectivity index (χ0) is 9.80. The van der Waals surface area contributed by atoms with E-state index in [1.54, 1.807) is 12.7 Å². The predicted molar refractivity (Wildman–Crippen MR) is 55.0 cm³/mol. The van der Waals surface area contributed by atoms with Crippen molar-refractivity contribution in [2.75, 3.05) is 6.54 Å². The van der Waals surface area contributed by atoms with Gasteiger partial charge in [-0.05, 0) is 39.2 Å². The lowest BCUT2D eigenvalue weighted by Crippen LogP contribution is -2.18. The Morgan fingerprint density at radius 2 is 2.43 bits per heavy atom. The molecule has 14 heavy (non-hydrogen) atoms. The van der Waals surface area contributed by atoms with E-state index in [2.05, 4.69) is 22.3 Å². The monoisotopic (exact) mass is 194 g/mol. The highest BCUT2D eigenvalue weighted by Crippen LogP contribution is 2.18. The molecule has 1 heterocycles. The summed E-state index contributed by atoms with van der Waals surface area (Å²) in [5.41, 5.74) is 0. The minimum atomic E-state index is 0.471. The van der Waals surface area contributed by atoms with Gasteiger partial charge in [0.2, 0.25) is 0 Å². The van der Waals surface area contributed by atoms with Crippen LogP contribution in [-0.2, 0) is 0 Å². The fourth-order valence-corrected chi connectivity index (χ4v) is 1.57. The molecular formula is C10H18N4. The first kappa shape index (κ1) is 9.65. The topological polar surface area (TPSA) is 42.7 Å². The first-order valence-electron chi connectivity index (χ1n) is 5.44. The van der Waals surface area contributed by atoms with E-state index in [4.69, 9.17) is 0 Å². The van der Waals surface area contributed by atoms with E-state index in [-0.39, 0.29) is 0 Å². The smallest absolute Gasteiger partial charge is 0.137 e. The van der Waals surface area contributed by atoms with Gasteiger partial charge in [-0.15, -0.1) is 0 Å². The SMILES string of the molecule is CC(CCCNC1CC1)n1cncn1. The maximum atomic E-state index is 4.13.